The summed E-state index contributed by atoms with van der Waals surface area (Å²) in [5, 5.41) is 11.8. The predicted molar refractivity (Wildman–Crippen MR) is 67.3 cm³/mol. The van der Waals surface area contributed by atoms with Gasteiger partial charge in [-0.15, -0.1) is 0 Å². The van der Waals surface area contributed by atoms with Gasteiger partial charge in [-0.05, 0) is 26.2 Å². The van der Waals surface area contributed by atoms with Gasteiger partial charge in [-0.25, -0.2) is 0 Å². The first-order valence-electron chi connectivity index (χ1n) is 6.77. The monoisotopic (exact) mass is 268 g/mol. The molecule has 106 valence electrons. The summed E-state index contributed by atoms with van der Waals surface area (Å²) in [4.78, 5) is 36.3. The molecule has 1 unspecified atom stereocenters. The lowest BCUT2D eigenvalue weighted by atomic mass is 9.74. The summed E-state index contributed by atoms with van der Waals surface area (Å²) >= 11 is 0. The van der Waals surface area contributed by atoms with Gasteiger partial charge in [-0.1, -0.05) is 0 Å². The smallest absolute Gasteiger partial charge is 0.305 e. The fourth-order valence-electron chi connectivity index (χ4n) is 2.86. The van der Waals surface area contributed by atoms with Gasteiger partial charge < -0.3 is 15.3 Å². The highest BCUT2D eigenvalue weighted by Gasteiger charge is 2.43. The summed E-state index contributed by atoms with van der Waals surface area (Å²) in [7, 11) is 0. The zero-order valence-electron chi connectivity index (χ0n) is 11.1. The molecule has 2 aliphatic rings. The third-order valence-corrected chi connectivity index (χ3v) is 4.16. The summed E-state index contributed by atoms with van der Waals surface area (Å²) in [5.41, 5.74) is -0.578. The Morgan fingerprint density at radius 3 is 2.58 bits per heavy atom. The van der Waals surface area contributed by atoms with E-state index in [1.54, 1.807) is 4.90 Å². The van der Waals surface area contributed by atoms with E-state index in [2.05, 4.69) is 5.32 Å². The molecule has 2 amide bonds. The Labute approximate surface area is 112 Å². The SMILES string of the molecule is CCN1CC(C(=O)NC2(CC(=O)O)CCC2)CC1=O. The second kappa shape index (κ2) is 5.19. The molecule has 2 fully saturated rings. The van der Waals surface area contributed by atoms with Gasteiger partial charge in [-0.2, -0.15) is 0 Å². The van der Waals surface area contributed by atoms with Crippen LogP contribution in [0.5, 0.6) is 0 Å². The highest BCUT2D eigenvalue weighted by Crippen LogP contribution is 2.35. The van der Waals surface area contributed by atoms with Gasteiger partial charge in [0.15, 0.2) is 0 Å². The number of carbonyl (C=O) groups excluding carboxylic acids is 2. The van der Waals surface area contributed by atoms with Gasteiger partial charge in [0.25, 0.3) is 0 Å². The van der Waals surface area contributed by atoms with Crippen molar-refractivity contribution in [3.63, 3.8) is 0 Å². The predicted octanol–water partition coefficient (Wildman–Crippen LogP) is 0.368. The molecule has 19 heavy (non-hydrogen) atoms. The van der Waals surface area contributed by atoms with Crippen LogP contribution in [0.3, 0.4) is 0 Å². The van der Waals surface area contributed by atoms with Crippen molar-refractivity contribution in [1.82, 2.24) is 10.2 Å². The molecule has 1 saturated carbocycles. The highest BCUT2D eigenvalue weighted by molar-refractivity contribution is 5.89. The minimum Gasteiger partial charge on any atom is -0.481 e. The Kier molecular flexibility index (Phi) is 3.78. The van der Waals surface area contributed by atoms with Crippen LogP contribution in [0.1, 0.15) is 39.0 Å². The number of hydrogen-bond acceptors (Lipinski definition) is 3. The van der Waals surface area contributed by atoms with Gasteiger partial charge >= 0.3 is 5.97 Å². The van der Waals surface area contributed by atoms with Crippen LogP contribution in [-0.2, 0) is 14.4 Å². The molecule has 1 aliphatic carbocycles. The Bertz CT molecular complexity index is 403. The maximum Gasteiger partial charge on any atom is 0.305 e. The largest absolute Gasteiger partial charge is 0.481 e. The molecule has 1 saturated heterocycles. The van der Waals surface area contributed by atoms with E-state index in [1.165, 1.54) is 0 Å². The van der Waals surface area contributed by atoms with Crippen molar-refractivity contribution in [2.75, 3.05) is 13.1 Å². The summed E-state index contributed by atoms with van der Waals surface area (Å²) in [5.74, 6) is -1.40. The molecule has 6 nitrogen and oxygen atoms in total. The van der Waals surface area contributed by atoms with Crippen LogP contribution in [0.2, 0.25) is 0 Å². The number of rotatable bonds is 5. The quantitative estimate of drug-likeness (QED) is 0.754. The summed E-state index contributed by atoms with van der Waals surface area (Å²) in [6, 6.07) is 0. The van der Waals surface area contributed by atoms with Crippen molar-refractivity contribution in [3.8, 4) is 0 Å². The molecular weight excluding hydrogens is 248 g/mol. The molecule has 6 heteroatoms. The number of carbonyl (C=O) groups is 3. The molecule has 2 N–H and O–H groups in total. The normalized spacial score (nSPS) is 25.0. The second-order valence-corrected chi connectivity index (χ2v) is 5.53. The third-order valence-electron chi connectivity index (χ3n) is 4.16. The zero-order chi connectivity index (χ0) is 14.0. The molecule has 0 radical (unpaired) electrons. The van der Waals surface area contributed by atoms with Crippen molar-refractivity contribution >= 4 is 17.8 Å². The average Bonchev–Trinajstić information content (AvgIpc) is 2.67. The van der Waals surface area contributed by atoms with E-state index >= 15 is 0 Å². The summed E-state index contributed by atoms with van der Waals surface area (Å²) < 4.78 is 0. The minimum atomic E-state index is -0.891. The van der Waals surface area contributed by atoms with E-state index in [4.69, 9.17) is 5.11 Å². The van der Waals surface area contributed by atoms with Gasteiger partial charge in [0, 0.05) is 19.5 Å². The van der Waals surface area contributed by atoms with Crippen molar-refractivity contribution in [3.05, 3.63) is 0 Å². The number of nitrogens with one attached hydrogen (secondary N) is 1. The first-order valence-corrected chi connectivity index (χ1v) is 6.77. The lowest BCUT2D eigenvalue weighted by Crippen LogP contribution is -2.56. The Balaban J connectivity index is 1.94. The lowest BCUT2D eigenvalue weighted by Gasteiger charge is -2.42. The Morgan fingerprint density at radius 2 is 2.16 bits per heavy atom. The van der Waals surface area contributed by atoms with Crippen LogP contribution in [-0.4, -0.2) is 46.4 Å². The van der Waals surface area contributed by atoms with Crippen molar-refractivity contribution in [2.45, 2.75) is 44.6 Å². The number of carboxylic acids is 1. The summed E-state index contributed by atoms with van der Waals surface area (Å²) in [6.07, 6.45) is 2.57. The molecule has 1 atom stereocenters. The fourth-order valence-corrected chi connectivity index (χ4v) is 2.86. The van der Waals surface area contributed by atoms with E-state index in [9.17, 15) is 14.4 Å². The van der Waals surface area contributed by atoms with Crippen LogP contribution in [0.15, 0.2) is 0 Å². The van der Waals surface area contributed by atoms with E-state index in [0.717, 1.165) is 6.42 Å². The van der Waals surface area contributed by atoms with Crippen molar-refractivity contribution < 1.29 is 19.5 Å². The van der Waals surface area contributed by atoms with Crippen LogP contribution < -0.4 is 5.32 Å². The molecule has 0 spiro atoms. The molecule has 2 rings (SSSR count). The molecule has 1 heterocycles. The maximum atomic E-state index is 12.2. The number of aliphatic carboxylic acids is 1. The Morgan fingerprint density at radius 1 is 1.47 bits per heavy atom. The zero-order valence-corrected chi connectivity index (χ0v) is 11.1. The van der Waals surface area contributed by atoms with Gasteiger partial charge in [0.1, 0.15) is 0 Å². The number of carboxylic acid groups (broad SMARTS) is 1. The third kappa shape index (κ3) is 2.88. The number of likely N-dealkylation sites (tertiary alicyclic amines) is 1. The second-order valence-electron chi connectivity index (χ2n) is 5.53. The molecular formula is C13H20N2O4. The van der Waals surface area contributed by atoms with Crippen molar-refractivity contribution in [2.24, 2.45) is 5.92 Å². The van der Waals surface area contributed by atoms with Crippen molar-refractivity contribution in [1.29, 1.82) is 0 Å². The number of hydrogen-bond donors (Lipinski definition) is 2. The van der Waals surface area contributed by atoms with E-state index in [-0.39, 0.29) is 30.6 Å². The van der Waals surface area contributed by atoms with E-state index < -0.39 is 11.5 Å². The molecule has 0 aromatic carbocycles. The average molecular weight is 268 g/mol. The minimum absolute atomic E-state index is 0.00328. The fraction of sp³-hybridized carbons (Fsp3) is 0.769. The van der Waals surface area contributed by atoms with Gasteiger partial charge in [-0.3, -0.25) is 14.4 Å². The molecule has 0 aromatic heterocycles. The van der Waals surface area contributed by atoms with Crippen LogP contribution >= 0.6 is 0 Å². The first-order chi connectivity index (χ1) is 8.96. The van der Waals surface area contributed by atoms with Crippen LogP contribution in [0.25, 0.3) is 0 Å². The molecule has 1 aliphatic heterocycles. The first kappa shape index (κ1) is 13.8. The Hall–Kier alpha value is -1.59. The maximum absolute atomic E-state index is 12.2. The number of amides is 2. The topological polar surface area (TPSA) is 86.7 Å². The van der Waals surface area contributed by atoms with Crippen LogP contribution in [0.4, 0.5) is 0 Å². The van der Waals surface area contributed by atoms with Crippen LogP contribution in [0, 0.1) is 5.92 Å². The lowest BCUT2D eigenvalue weighted by molar-refractivity contribution is -0.141. The van der Waals surface area contributed by atoms with Gasteiger partial charge in [0.2, 0.25) is 11.8 Å². The molecule has 0 bridgehead atoms. The summed E-state index contributed by atoms with van der Waals surface area (Å²) in [6.45, 7) is 2.95. The van der Waals surface area contributed by atoms with E-state index in [1.807, 2.05) is 6.92 Å². The van der Waals surface area contributed by atoms with E-state index in [0.29, 0.717) is 25.9 Å². The molecule has 0 aromatic rings. The van der Waals surface area contributed by atoms with Gasteiger partial charge in [0.05, 0.1) is 17.9 Å². The highest BCUT2D eigenvalue weighted by atomic mass is 16.4. The number of nitrogens with zero attached hydrogens (tertiary/aromatic N) is 1. The standard InChI is InChI=1S/C13H20N2O4/c1-2-15-8-9(6-10(15)16)12(19)14-13(4-3-5-13)7-11(17)18/h9H,2-8H2,1H3,(H,14,19)(H,17,18).